The Morgan fingerprint density at radius 2 is 2.35 bits per heavy atom. The van der Waals surface area contributed by atoms with Gasteiger partial charge in [0.25, 0.3) is 0 Å². The van der Waals surface area contributed by atoms with Crippen LogP contribution in [0.1, 0.15) is 49.4 Å². The summed E-state index contributed by atoms with van der Waals surface area (Å²) in [7, 11) is 0. The van der Waals surface area contributed by atoms with E-state index in [-0.39, 0.29) is 5.91 Å². The molecule has 20 heavy (non-hydrogen) atoms. The molecule has 1 aliphatic heterocycles. The Morgan fingerprint density at radius 3 is 2.90 bits per heavy atom. The summed E-state index contributed by atoms with van der Waals surface area (Å²) in [5.41, 5.74) is 0.877. The van der Waals surface area contributed by atoms with E-state index in [4.69, 9.17) is 0 Å². The van der Waals surface area contributed by atoms with Crippen molar-refractivity contribution in [2.24, 2.45) is 5.92 Å². The lowest BCUT2D eigenvalue weighted by Gasteiger charge is -2.31. The summed E-state index contributed by atoms with van der Waals surface area (Å²) < 4.78 is 0. The number of carboxylic acid groups (broad SMARTS) is 1. The summed E-state index contributed by atoms with van der Waals surface area (Å²) in [6, 6.07) is -0.416. The number of aryl methyl sites for hydroxylation is 1. The molecule has 0 bridgehead atoms. The third kappa shape index (κ3) is 3.00. The SMILES string of the molecule is CCCN1C(=O)CCCC(C(=O)O)C1c1nc(C)cs1. The first-order valence-corrected chi connectivity index (χ1v) is 7.86. The summed E-state index contributed by atoms with van der Waals surface area (Å²) in [6.07, 6.45) is 2.42. The Morgan fingerprint density at radius 1 is 1.60 bits per heavy atom. The largest absolute Gasteiger partial charge is 0.481 e. The fourth-order valence-corrected chi connectivity index (χ4v) is 3.70. The van der Waals surface area contributed by atoms with E-state index in [9.17, 15) is 14.7 Å². The van der Waals surface area contributed by atoms with Crippen molar-refractivity contribution >= 4 is 23.2 Å². The molecule has 2 heterocycles. The van der Waals surface area contributed by atoms with E-state index in [0.29, 0.717) is 25.8 Å². The number of carboxylic acids is 1. The molecule has 0 spiro atoms. The lowest BCUT2D eigenvalue weighted by Crippen LogP contribution is -2.39. The van der Waals surface area contributed by atoms with Crippen LogP contribution in [-0.2, 0) is 9.59 Å². The minimum Gasteiger partial charge on any atom is -0.481 e. The first-order chi connectivity index (χ1) is 9.54. The van der Waals surface area contributed by atoms with Crippen LogP contribution in [0.3, 0.4) is 0 Å². The predicted octanol–water partition coefficient (Wildman–Crippen LogP) is 2.62. The highest BCUT2D eigenvalue weighted by atomic mass is 32.1. The minimum absolute atomic E-state index is 0.0495. The van der Waals surface area contributed by atoms with Crippen LogP contribution in [0.5, 0.6) is 0 Å². The van der Waals surface area contributed by atoms with Gasteiger partial charge in [0.2, 0.25) is 5.91 Å². The van der Waals surface area contributed by atoms with Gasteiger partial charge in [-0.05, 0) is 26.2 Å². The van der Waals surface area contributed by atoms with Gasteiger partial charge in [0, 0.05) is 24.0 Å². The molecule has 5 nitrogen and oxygen atoms in total. The Labute approximate surface area is 122 Å². The first kappa shape index (κ1) is 15.0. The number of carbonyl (C=O) groups is 2. The van der Waals surface area contributed by atoms with Crippen LogP contribution in [0, 0.1) is 12.8 Å². The van der Waals surface area contributed by atoms with Crippen LogP contribution < -0.4 is 0 Å². The van der Waals surface area contributed by atoms with E-state index >= 15 is 0 Å². The standard InChI is InChI=1S/C14H20N2O3S/c1-3-7-16-11(17)6-4-5-10(14(18)19)12(16)13-15-9(2)8-20-13/h8,10,12H,3-7H2,1-2H3,(H,18,19). The van der Waals surface area contributed by atoms with Crippen molar-refractivity contribution in [3.05, 3.63) is 16.1 Å². The van der Waals surface area contributed by atoms with Gasteiger partial charge in [0.1, 0.15) is 5.01 Å². The quantitative estimate of drug-likeness (QED) is 0.927. The van der Waals surface area contributed by atoms with E-state index in [1.165, 1.54) is 11.3 Å². The maximum atomic E-state index is 12.3. The zero-order valence-corrected chi connectivity index (χ0v) is 12.7. The van der Waals surface area contributed by atoms with Gasteiger partial charge in [-0.2, -0.15) is 0 Å². The molecule has 0 saturated carbocycles. The summed E-state index contributed by atoms with van der Waals surface area (Å²) in [5, 5.41) is 12.2. The summed E-state index contributed by atoms with van der Waals surface area (Å²) in [6.45, 7) is 4.47. The van der Waals surface area contributed by atoms with E-state index in [1.807, 2.05) is 19.2 Å². The normalized spacial score (nSPS) is 23.7. The molecule has 1 fully saturated rings. The van der Waals surface area contributed by atoms with Crippen molar-refractivity contribution in [3.8, 4) is 0 Å². The van der Waals surface area contributed by atoms with Crippen LogP contribution in [0.4, 0.5) is 0 Å². The number of aromatic nitrogens is 1. The number of hydrogen-bond acceptors (Lipinski definition) is 4. The van der Waals surface area contributed by atoms with E-state index in [0.717, 1.165) is 17.1 Å². The van der Waals surface area contributed by atoms with Crippen LogP contribution in [0.25, 0.3) is 0 Å². The number of aliphatic carboxylic acids is 1. The van der Waals surface area contributed by atoms with Crippen molar-refractivity contribution in [2.45, 2.75) is 45.6 Å². The van der Waals surface area contributed by atoms with Gasteiger partial charge in [0.05, 0.1) is 12.0 Å². The minimum atomic E-state index is -0.835. The lowest BCUT2D eigenvalue weighted by molar-refractivity contribution is -0.146. The maximum Gasteiger partial charge on any atom is 0.309 e. The molecule has 0 aliphatic carbocycles. The van der Waals surface area contributed by atoms with Gasteiger partial charge >= 0.3 is 5.97 Å². The number of nitrogens with zero attached hydrogens (tertiary/aromatic N) is 2. The molecule has 1 saturated heterocycles. The van der Waals surface area contributed by atoms with Crippen LogP contribution in [0.2, 0.25) is 0 Å². The maximum absolute atomic E-state index is 12.3. The highest BCUT2D eigenvalue weighted by Crippen LogP contribution is 2.37. The van der Waals surface area contributed by atoms with E-state index < -0.39 is 17.9 Å². The van der Waals surface area contributed by atoms with Crippen LogP contribution in [0.15, 0.2) is 5.38 Å². The molecule has 6 heteroatoms. The third-order valence-electron chi connectivity index (χ3n) is 3.61. The smallest absolute Gasteiger partial charge is 0.309 e. The van der Waals surface area contributed by atoms with Crippen molar-refractivity contribution in [1.29, 1.82) is 0 Å². The second-order valence-corrected chi connectivity index (χ2v) is 6.09. The summed E-state index contributed by atoms with van der Waals surface area (Å²) in [4.78, 5) is 30.0. The fourth-order valence-electron chi connectivity index (χ4n) is 2.72. The topological polar surface area (TPSA) is 70.5 Å². The Balaban J connectivity index is 2.42. The van der Waals surface area contributed by atoms with Crippen LogP contribution >= 0.6 is 11.3 Å². The number of carbonyl (C=O) groups excluding carboxylic acids is 1. The Hall–Kier alpha value is -1.43. The van der Waals surface area contributed by atoms with Crippen molar-refractivity contribution in [1.82, 2.24) is 9.88 Å². The summed E-state index contributed by atoms with van der Waals surface area (Å²) in [5.74, 6) is -1.34. The molecular formula is C14H20N2O3S. The number of thiazole rings is 1. The van der Waals surface area contributed by atoms with Crippen molar-refractivity contribution in [3.63, 3.8) is 0 Å². The number of hydrogen-bond donors (Lipinski definition) is 1. The Bertz CT molecular complexity index is 500. The molecule has 1 N–H and O–H groups in total. The monoisotopic (exact) mass is 296 g/mol. The predicted molar refractivity (Wildman–Crippen MR) is 76.6 cm³/mol. The van der Waals surface area contributed by atoms with Gasteiger partial charge in [-0.15, -0.1) is 11.3 Å². The van der Waals surface area contributed by atoms with Gasteiger partial charge in [-0.25, -0.2) is 4.98 Å². The second kappa shape index (κ2) is 6.35. The van der Waals surface area contributed by atoms with E-state index in [2.05, 4.69) is 4.98 Å². The molecule has 1 aromatic rings. The summed E-state index contributed by atoms with van der Waals surface area (Å²) >= 11 is 1.45. The number of likely N-dealkylation sites (tertiary alicyclic amines) is 1. The molecule has 0 aromatic carbocycles. The molecule has 1 aromatic heterocycles. The molecule has 1 aliphatic rings. The third-order valence-corrected chi connectivity index (χ3v) is 4.65. The molecule has 2 unspecified atom stereocenters. The fraction of sp³-hybridized carbons (Fsp3) is 0.643. The van der Waals surface area contributed by atoms with Crippen LogP contribution in [-0.4, -0.2) is 33.4 Å². The highest BCUT2D eigenvalue weighted by Gasteiger charge is 2.39. The molecular weight excluding hydrogens is 276 g/mol. The molecule has 2 rings (SSSR count). The molecule has 0 radical (unpaired) electrons. The zero-order chi connectivity index (χ0) is 14.7. The number of rotatable bonds is 4. The molecule has 2 atom stereocenters. The van der Waals surface area contributed by atoms with E-state index in [1.54, 1.807) is 4.90 Å². The highest BCUT2D eigenvalue weighted by molar-refractivity contribution is 7.09. The van der Waals surface area contributed by atoms with Crippen molar-refractivity contribution in [2.75, 3.05) is 6.54 Å². The zero-order valence-electron chi connectivity index (χ0n) is 11.8. The average Bonchev–Trinajstić information content (AvgIpc) is 2.74. The Kier molecular flexibility index (Phi) is 4.75. The average molecular weight is 296 g/mol. The van der Waals surface area contributed by atoms with Gasteiger partial charge in [-0.1, -0.05) is 6.92 Å². The van der Waals surface area contributed by atoms with Gasteiger partial charge in [-0.3, -0.25) is 9.59 Å². The first-order valence-electron chi connectivity index (χ1n) is 6.99. The second-order valence-electron chi connectivity index (χ2n) is 5.20. The molecule has 1 amide bonds. The van der Waals surface area contributed by atoms with Gasteiger partial charge < -0.3 is 10.0 Å². The molecule has 110 valence electrons. The van der Waals surface area contributed by atoms with Crippen molar-refractivity contribution < 1.29 is 14.7 Å². The lowest BCUT2D eigenvalue weighted by atomic mass is 9.95. The number of amides is 1. The van der Waals surface area contributed by atoms with Gasteiger partial charge in [0.15, 0.2) is 0 Å².